The monoisotopic (exact) mass is 250 g/mol. The van der Waals surface area contributed by atoms with Crippen LogP contribution in [0.2, 0.25) is 0 Å². The summed E-state index contributed by atoms with van der Waals surface area (Å²) in [6, 6.07) is 3.83. The Hall–Kier alpha value is -2.31. The number of rotatable bonds is 3. The highest BCUT2D eigenvalue weighted by Crippen LogP contribution is 2.25. The van der Waals surface area contributed by atoms with Crippen molar-refractivity contribution in [2.24, 2.45) is 0 Å². The molecule has 1 unspecified atom stereocenters. The van der Waals surface area contributed by atoms with Gasteiger partial charge in [-0.1, -0.05) is 0 Å². The van der Waals surface area contributed by atoms with Crippen molar-refractivity contribution in [2.45, 2.75) is 18.9 Å². The van der Waals surface area contributed by atoms with Crippen LogP contribution in [0.15, 0.2) is 18.2 Å². The molecule has 1 saturated heterocycles. The van der Waals surface area contributed by atoms with E-state index in [9.17, 15) is 14.9 Å². The third-order valence-corrected chi connectivity index (χ3v) is 2.86. The van der Waals surface area contributed by atoms with Gasteiger partial charge < -0.3 is 16.4 Å². The Morgan fingerprint density at radius 2 is 2.28 bits per heavy atom. The molecule has 1 heterocycles. The first-order chi connectivity index (χ1) is 8.58. The zero-order chi connectivity index (χ0) is 13.1. The highest BCUT2D eigenvalue weighted by molar-refractivity contribution is 5.86. The molecule has 0 bridgehead atoms. The quantitative estimate of drug-likeness (QED) is 0.419. The predicted octanol–water partition coefficient (Wildman–Crippen LogP) is 0.867. The summed E-state index contributed by atoms with van der Waals surface area (Å²) in [7, 11) is 0. The molecule has 4 N–H and O–H groups in total. The van der Waals surface area contributed by atoms with Gasteiger partial charge in [0.15, 0.2) is 0 Å². The molecule has 7 nitrogen and oxygen atoms in total. The van der Waals surface area contributed by atoms with E-state index in [1.165, 1.54) is 18.2 Å². The van der Waals surface area contributed by atoms with Gasteiger partial charge in [0.05, 0.1) is 16.3 Å². The fourth-order valence-electron chi connectivity index (χ4n) is 1.89. The van der Waals surface area contributed by atoms with E-state index in [0.29, 0.717) is 12.2 Å². The minimum Gasteiger partial charge on any atom is -0.397 e. The molecular formula is C11H14N4O3. The first-order valence-corrected chi connectivity index (χ1v) is 5.66. The lowest BCUT2D eigenvalue weighted by molar-refractivity contribution is -0.384. The largest absolute Gasteiger partial charge is 0.397 e. The summed E-state index contributed by atoms with van der Waals surface area (Å²) >= 11 is 0. The molecule has 1 aromatic rings. The van der Waals surface area contributed by atoms with Gasteiger partial charge in [0, 0.05) is 18.7 Å². The molecule has 7 heteroatoms. The van der Waals surface area contributed by atoms with Crippen molar-refractivity contribution in [3.8, 4) is 0 Å². The Labute approximate surface area is 104 Å². The van der Waals surface area contributed by atoms with E-state index in [4.69, 9.17) is 5.73 Å². The van der Waals surface area contributed by atoms with E-state index in [0.717, 1.165) is 12.8 Å². The van der Waals surface area contributed by atoms with Gasteiger partial charge in [-0.2, -0.15) is 0 Å². The first-order valence-electron chi connectivity index (χ1n) is 5.66. The van der Waals surface area contributed by atoms with Crippen molar-refractivity contribution < 1.29 is 9.72 Å². The Morgan fingerprint density at radius 3 is 2.89 bits per heavy atom. The summed E-state index contributed by atoms with van der Waals surface area (Å²) in [4.78, 5) is 21.6. The topological polar surface area (TPSA) is 110 Å². The number of hydrogen-bond acceptors (Lipinski definition) is 5. The number of nitrogens with zero attached hydrogens (tertiary/aromatic N) is 1. The van der Waals surface area contributed by atoms with Crippen molar-refractivity contribution >= 4 is 23.0 Å². The van der Waals surface area contributed by atoms with Gasteiger partial charge in [-0.05, 0) is 18.9 Å². The molecule has 0 aromatic heterocycles. The molecule has 2 rings (SSSR count). The molecule has 96 valence electrons. The minimum absolute atomic E-state index is 0.0638. The fraction of sp³-hybridized carbons (Fsp3) is 0.364. The summed E-state index contributed by atoms with van der Waals surface area (Å²) in [6.45, 7) is 0.687. The maximum atomic E-state index is 11.6. The molecule has 0 radical (unpaired) electrons. The molecule has 1 amide bonds. The molecule has 0 aliphatic carbocycles. The van der Waals surface area contributed by atoms with E-state index >= 15 is 0 Å². The summed E-state index contributed by atoms with van der Waals surface area (Å²) in [5.74, 6) is -0.0704. The van der Waals surface area contributed by atoms with Crippen LogP contribution >= 0.6 is 0 Å². The van der Waals surface area contributed by atoms with Crippen molar-refractivity contribution in [3.63, 3.8) is 0 Å². The highest BCUT2D eigenvalue weighted by Gasteiger charge is 2.22. The maximum absolute atomic E-state index is 11.6. The number of carbonyl (C=O) groups excluding carboxylic acids is 1. The predicted molar refractivity (Wildman–Crippen MR) is 67.2 cm³/mol. The smallest absolute Gasteiger partial charge is 0.271 e. The lowest BCUT2D eigenvalue weighted by Crippen LogP contribution is -2.44. The summed E-state index contributed by atoms with van der Waals surface area (Å²) in [6.07, 6.45) is 1.62. The number of non-ortho nitro benzene ring substituents is 1. The standard InChI is InChI=1S/C11H14N4O3/c12-8-6-7(15(17)18)3-4-9(8)14-10-2-1-5-13-11(10)16/h3-4,6,10,14H,1-2,5,12H2,(H,13,16). The van der Waals surface area contributed by atoms with Gasteiger partial charge >= 0.3 is 0 Å². The second kappa shape index (κ2) is 4.91. The Kier molecular flexibility index (Phi) is 3.31. The van der Waals surface area contributed by atoms with Gasteiger partial charge in [0.2, 0.25) is 5.91 Å². The minimum atomic E-state index is -0.506. The summed E-state index contributed by atoms with van der Waals surface area (Å²) in [5.41, 5.74) is 6.47. The molecule has 1 aliphatic heterocycles. The Morgan fingerprint density at radius 1 is 1.50 bits per heavy atom. The zero-order valence-electron chi connectivity index (χ0n) is 9.68. The second-order valence-electron chi connectivity index (χ2n) is 4.16. The number of nitro benzene ring substituents is 1. The van der Waals surface area contributed by atoms with Crippen LogP contribution in [0, 0.1) is 10.1 Å². The van der Waals surface area contributed by atoms with Gasteiger partial charge in [-0.25, -0.2) is 0 Å². The van der Waals surface area contributed by atoms with E-state index < -0.39 is 4.92 Å². The molecule has 1 aliphatic rings. The molecule has 0 spiro atoms. The van der Waals surface area contributed by atoms with Crippen LogP contribution in [0.25, 0.3) is 0 Å². The number of carbonyl (C=O) groups is 1. The maximum Gasteiger partial charge on any atom is 0.271 e. The SMILES string of the molecule is Nc1cc([N+](=O)[O-])ccc1NC1CCCNC1=O. The Balaban J connectivity index is 2.14. The molecule has 1 atom stereocenters. The Bertz CT molecular complexity index is 489. The van der Waals surface area contributed by atoms with Crippen LogP contribution in [-0.2, 0) is 4.79 Å². The van der Waals surface area contributed by atoms with Crippen molar-refractivity contribution in [1.29, 1.82) is 0 Å². The third-order valence-electron chi connectivity index (χ3n) is 2.86. The lowest BCUT2D eigenvalue weighted by atomic mass is 10.1. The number of nitrogens with one attached hydrogen (secondary N) is 2. The van der Waals surface area contributed by atoms with E-state index in [-0.39, 0.29) is 23.3 Å². The average Bonchev–Trinajstić information content (AvgIpc) is 2.34. The summed E-state index contributed by atoms with van der Waals surface area (Å²) < 4.78 is 0. The van der Waals surface area contributed by atoms with Crippen molar-refractivity contribution in [2.75, 3.05) is 17.6 Å². The zero-order valence-corrected chi connectivity index (χ0v) is 9.68. The highest BCUT2D eigenvalue weighted by atomic mass is 16.6. The number of amides is 1. The number of piperidine rings is 1. The molecule has 18 heavy (non-hydrogen) atoms. The van der Waals surface area contributed by atoms with Crippen molar-refractivity contribution in [1.82, 2.24) is 5.32 Å². The average molecular weight is 250 g/mol. The van der Waals surface area contributed by atoms with Crippen LogP contribution in [-0.4, -0.2) is 23.4 Å². The normalized spacial score (nSPS) is 19.1. The van der Waals surface area contributed by atoms with E-state index in [2.05, 4.69) is 10.6 Å². The van der Waals surface area contributed by atoms with Crippen LogP contribution in [0.5, 0.6) is 0 Å². The van der Waals surface area contributed by atoms with Gasteiger partial charge in [-0.3, -0.25) is 14.9 Å². The number of nitro groups is 1. The third kappa shape index (κ3) is 2.50. The van der Waals surface area contributed by atoms with Crippen molar-refractivity contribution in [3.05, 3.63) is 28.3 Å². The number of anilines is 2. The van der Waals surface area contributed by atoms with Gasteiger partial charge in [-0.15, -0.1) is 0 Å². The molecule has 1 aromatic carbocycles. The van der Waals surface area contributed by atoms with Crippen LogP contribution in [0.1, 0.15) is 12.8 Å². The number of nitrogens with two attached hydrogens (primary N) is 1. The van der Waals surface area contributed by atoms with Crippen LogP contribution in [0.3, 0.4) is 0 Å². The molecule has 0 saturated carbocycles. The second-order valence-corrected chi connectivity index (χ2v) is 4.16. The molecule has 1 fully saturated rings. The number of nitrogen functional groups attached to an aromatic ring is 1. The molecular weight excluding hydrogens is 236 g/mol. The lowest BCUT2D eigenvalue weighted by Gasteiger charge is -2.24. The van der Waals surface area contributed by atoms with E-state index in [1.807, 2.05) is 0 Å². The summed E-state index contributed by atoms with van der Waals surface area (Å²) in [5, 5.41) is 16.3. The first kappa shape index (κ1) is 12.2. The van der Waals surface area contributed by atoms with E-state index in [1.54, 1.807) is 0 Å². The number of hydrogen-bond donors (Lipinski definition) is 3. The van der Waals surface area contributed by atoms with Crippen LogP contribution < -0.4 is 16.4 Å². The van der Waals surface area contributed by atoms with Gasteiger partial charge in [0.1, 0.15) is 6.04 Å². The fourth-order valence-corrected chi connectivity index (χ4v) is 1.89. The van der Waals surface area contributed by atoms with Crippen LogP contribution in [0.4, 0.5) is 17.1 Å². The number of benzene rings is 1. The van der Waals surface area contributed by atoms with Gasteiger partial charge in [0.25, 0.3) is 5.69 Å².